The van der Waals surface area contributed by atoms with Gasteiger partial charge >= 0.3 is 319 Å². The molecule has 0 aromatic heterocycles. The molecule has 0 heterocycles. The number of carboxylic acids is 1. The number of nitrogens with one attached hydrogen (secondary N) is 2. The third-order valence-corrected chi connectivity index (χ3v) is 11.0. The van der Waals surface area contributed by atoms with Crippen LogP contribution in [0.2, 0.25) is 0 Å². The second kappa shape index (κ2) is 21.3. The van der Waals surface area contributed by atoms with Gasteiger partial charge in [0.1, 0.15) is 0 Å². The average Bonchev–Trinajstić information content (AvgIpc) is 3.09. The molecule has 6 unspecified atom stereocenters. The van der Waals surface area contributed by atoms with Crippen molar-refractivity contribution in [1.82, 2.24) is 10.6 Å². The Kier molecular flexibility index (Phi) is 17.6. The molecule has 10 nitrogen and oxygen atoms in total. The Labute approximate surface area is 317 Å². The first-order valence-electron chi connectivity index (χ1n) is 19.0. The van der Waals surface area contributed by atoms with E-state index in [9.17, 15) is 28.8 Å². The minimum atomic E-state index is -0.999. The molecule has 0 aromatic carbocycles. The zero-order chi connectivity index (χ0) is 39.2. The molecule has 53 heavy (non-hydrogen) atoms. The first-order chi connectivity index (χ1) is 25.0. The number of ketones is 3. The van der Waals surface area contributed by atoms with Crippen LogP contribution in [-0.2, 0) is 28.8 Å². The van der Waals surface area contributed by atoms with Gasteiger partial charge in [0.2, 0.25) is 0 Å². The summed E-state index contributed by atoms with van der Waals surface area (Å²) in [5, 5.41) is 14.7. The number of carbonyl (C=O) groups is 6. The topological polar surface area (TPSA) is 173 Å². The van der Waals surface area contributed by atoms with E-state index in [1.54, 1.807) is 0 Å². The Morgan fingerprint density at radius 1 is 0.623 bits per heavy atom. The summed E-state index contributed by atoms with van der Waals surface area (Å²) >= 11 is 0. The van der Waals surface area contributed by atoms with E-state index in [0.29, 0.717) is 44.9 Å². The number of allylic oxidation sites excluding steroid dienone is 3. The summed E-state index contributed by atoms with van der Waals surface area (Å²) in [6, 6.07) is -2.72. The van der Waals surface area contributed by atoms with Gasteiger partial charge in [0.15, 0.2) is 0 Å². The monoisotopic (exact) mass is 722 g/mol. The van der Waals surface area contributed by atoms with Gasteiger partial charge in [-0.15, -0.1) is 0 Å². The van der Waals surface area contributed by atoms with E-state index in [1.807, 2.05) is 0 Å². The number of rotatable bonds is 21. The van der Waals surface area contributed by atoms with E-state index in [1.165, 1.54) is 0 Å². The van der Waals surface area contributed by atoms with Crippen molar-refractivity contribution < 1.29 is 33.9 Å². The number of Topliss-reactive ketones (excluding diaryl/α,β-unsaturated/α-hetero) is 3. The molecule has 3 radical (unpaired) electrons. The Bertz CT molecular complexity index is 1520. The van der Waals surface area contributed by atoms with Crippen LogP contribution in [0.1, 0.15) is 122 Å². The van der Waals surface area contributed by atoms with Gasteiger partial charge in [0, 0.05) is 0 Å². The molecule has 13 heteroatoms. The molecule has 0 aliphatic heterocycles. The number of hydrogen-bond acceptors (Lipinski definition) is 7. The second-order valence-corrected chi connectivity index (χ2v) is 15.4. The van der Waals surface area contributed by atoms with Crippen LogP contribution in [0.15, 0.2) is 36.5 Å². The van der Waals surface area contributed by atoms with Crippen LogP contribution in [0.3, 0.4) is 0 Å². The predicted molar refractivity (Wildman–Crippen MR) is 212 cm³/mol. The van der Waals surface area contributed by atoms with Crippen LogP contribution in [-0.4, -0.2) is 97.2 Å². The Hall–Kier alpha value is -3.60. The van der Waals surface area contributed by atoms with Crippen LogP contribution in [0.25, 0.3) is 0 Å². The Morgan fingerprint density at radius 3 is 1.40 bits per heavy atom. The van der Waals surface area contributed by atoms with Crippen molar-refractivity contribution >= 4 is 74.0 Å². The Morgan fingerprint density at radius 2 is 1.00 bits per heavy atom. The van der Waals surface area contributed by atoms with Crippen molar-refractivity contribution in [2.24, 2.45) is 23.5 Å². The average molecular weight is 722 g/mol. The molecule has 0 saturated heterocycles. The molecular weight excluding hydrogens is 667 g/mol. The number of aliphatic carboxylic acids is 1. The van der Waals surface area contributed by atoms with E-state index in [0.717, 1.165) is 46.0 Å². The van der Waals surface area contributed by atoms with Crippen molar-refractivity contribution in [3.8, 4) is 0 Å². The van der Waals surface area contributed by atoms with Gasteiger partial charge in [0.25, 0.3) is 0 Å². The fraction of sp³-hybridized carbons (Fsp3) is 0.625. The zero-order valence-electron chi connectivity index (χ0n) is 31.2. The van der Waals surface area contributed by atoms with Gasteiger partial charge in [-0.2, -0.15) is 0 Å². The third-order valence-electron chi connectivity index (χ3n) is 11.0. The van der Waals surface area contributed by atoms with E-state index in [-0.39, 0.29) is 99.3 Å². The van der Waals surface area contributed by atoms with Gasteiger partial charge in [-0.3, -0.25) is 0 Å². The summed E-state index contributed by atoms with van der Waals surface area (Å²) in [6.07, 6.45) is 6.65. The van der Waals surface area contributed by atoms with Crippen molar-refractivity contribution in [3.05, 3.63) is 36.5 Å². The molecule has 3 aliphatic carbocycles. The first-order valence-corrected chi connectivity index (χ1v) is 19.0. The Balaban J connectivity index is 1.61. The molecule has 6 atom stereocenters. The number of carbonyl (C=O) groups excluding carboxylic acids is 5. The number of hydrogen-bond donors (Lipinski definition) is 4. The molecule has 3 aliphatic rings. The standard InChI is InChI=1S/C40H55B3N3O7/c1-23-17-26(7-10-29(23)41)20-35(47)32(44)13-15-38(50)46-34(37(49)22-28-9-12-31(43)25(3)19-28)14-16-39(51)45-33(5-4-6-40(52)53)36(48)21-27-8-11-30(42)24(2)18-27/h26-28,32-34H,1-22,44H2,(H,45,51)(H,46,50)(H,52,53). The van der Waals surface area contributed by atoms with Crippen molar-refractivity contribution in [3.63, 3.8) is 0 Å². The molecule has 0 aromatic rings. The molecule has 5 N–H and O–H groups in total. The fourth-order valence-corrected chi connectivity index (χ4v) is 7.51. The molecule has 281 valence electrons. The molecule has 3 rings (SSSR count). The maximum atomic E-state index is 13.6. The van der Waals surface area contributed by atoms with Gasteiger partial charge in [-0.05, 0) is 0 Å². The quantitative estimate of drug-likeness (QED) is 0.131. The summed E-state index contributed by atoms with van der Waals surface area (Å²) in [5.74, 6) is -2.39. The van der Waals surface area contributed by atoms with Crippen molar-refractivity contribution in [2.45, 2.75) is 140 Å². The van der Waals surface area contributed by atoms with E-state index in [4.69, 9.17) is 33.3 Å². The summed E-state index contributed by atoms with van der Waals surface area (Å²) in [7, 11) is 17.9. The predicted octanol–water partition coefficient (Wildman–Crippen LogP) is 3.07. The van der Waals surface area contributed by atoms with Crippen LogP contribution < -0.4 is 16.4 Å². The number of amides is 2. The van der Waals surface area contributed by atoms with Gasteiger partial charge < -0.3 is 0 Å². The normalized spacial score (nSPS) is 22.4. The van der Waals surface area contributed by atoms with E-state index >= 15 is 0 Å². The van der Waals surface area contributed by atoms with Gasteiger partial charge in [-0.1, -0.05) is 0 Å². The maximum absolute atomic E-state index is 13.6. The fourth-order valence-electron chi connectivity index (χ4n) is 7.51. The number of carboxylic acid groups (broad SMARTS) is 1. The van der Waals surface area contributed by atoms with Crippen molar-refractivity contribution in [2.75, 3.05) is 0 Å². The molecule has 2 amide bonds. The SMILES string of the molecule is [B]=C1CCC(CC(=O)C(N)CCC(=O)NC(CCC(=O)NC(CCCC(=O)O)C(=O)CC2CCC(=[B])C(=C)C2)C(=O)CC2CCC(=[B])C(=C)C2)CC1=C. The number of nitrogens with two attached hydrogens (primary N) is 1. The van der Waals surface area contributed by atoms with Crippen LogP contribution in [0.5, 0.6) is 0 Å². The van der Waals surface area contributed by atoms with Crippen molar-refractivity contribution in [1.29, 1.82) is 0 Å². The third kappa shape index (κ3) is 15.0. The second-order valence-electron chi connectivity index (χ2n) is 15.4. The zero-order valence-corrected chi connectivity index (χ0v) is 31.2. The van der Waals surface area contributed by atoms with Gasteiger partial charge in [-0.25, -0.2) is 0 Å². The van der Waals surface area contributed by atoms with Crippen LogP contribution >= 0.6 is 0 Å². The molecular formula is C40H55B3N3O7. The summed E-state index contributed by atoms with van der Waals surface area (Å²) < 4.78 is 0. The van der Waals surface area contributed by atoms with E-state index < -0.39 is 35.9 Å². The first kappa shape index (κ1) is 43.8. The van der Waals surface area contributed by atoms with Crippen LogP contribution in [0, 0.1) is 17.8 Å². The van der Waals surface area contributed by atoms with Gasteiger partial charge in [0.05, 0.1) is 0 Å². The summed E-state index contributed by atoms with van der Waals surface area (Å²) in [4.78, 5) is 77.5. The van der Waals surface area contributed by atoms with Crippen LogP contribution in [0.4, 0.5) is 0 Å². The van der Waals surface area contributed by atoms with E-state index in [2.05, 4.69) is 30.4 Å². The minimum absolute atomic E-state index is 0.00885. The molecule has 3 fully saturated rings. The molecule has 3 saturated carbocycles. The summed E-state index contributed by atoms with van der Waals surface area (Å²) in [5.41, 5.74) is 10.9. The molecule has 0 bridgehead atoms. The molecule has 0 spiro atoms. The summed E-state index contributed by atoms with van der Waals surface area (Å²) in [6.45, 7) is 12.0.